The summed E-state index contributed by atoms with van der Waals surface area (Å²) in [6.45, 7) is 2.38. The van der Waals surface area contributed by atoms with Crippen LogP contribution in [0.3, 0.4) is 0 Å². The van der Waals surface area contributed by atoms with Gasteiger partial charge in [-0.15, -0.1) is 11.3 Å². The highest BCUT2D eigenvalue weighted by Crippen LogP contribution is 2.25. The first-order chi connectivity index (χ1) is 10.2. The normalized spacial score (nSPS) is 21.3. The minimum absolute atomic E-state index is 0.0634. The third-order valence-corrected chi connectivity index (χ3v) is 4.44. The maximum absolute atomic E-state index is 13.7. The lowest BCUT2D eigenvalue weighted by Gasteiger charge is -2.33. The number of halogens is 1. The molecule has 1 aliphatic heterocycles. The number of hydrogen-bond donors (Lipinski definition) is 1. The lowest BCUT2D eigenvalue weighted by atomic mass is 10.1. The van der Waals surface area contributed by atoms with Crippen LogP contribution in [0.4, 0.5) is 4.39 Å². The molecule has 2 aromatic rings. The predicted octanol–water partition coefficient (Wildman–Crippen LogP) is 2.39. The molecule has 21 heavy (non-hydrogen) atoms. The van der Waals surface area contributed by atoms with Crippen LogP contribution in [0.5, 0.6) is 0 Å². The van der Waals surface area contributed by atoms with Gasteiger partial charge in [-0.2, -0.15) is 0 Å². The highest BCUT2D eigenvalue weighted by atomic mass is 32.1. The molecule has 0 amide bonds. The van der Waals surface area contributed by atoms with Crippen molar-refractivity contribution in [2.75, 3.05) is 26.2 Å². The average Bonchev–Trinajstić information content (AvgIpc) is 3.02. The van der Waals surface area contributed by atoms with Crippen LogP contribution in [0.2, 0.25) is 0 Å². The molecular weight excluding hydrogens is 291 g/mol. The molecular formula is C15H17FN2O2S. The number of morpholine rings is 1. The second kappa shape index (κ2) is 6.62. The molecule has 0 bridgehead atoms. The summed E-state index contributed by atoms with van der Waals surface area (Å²) in [5.41, 5.74) is 0.342. The highest BCUT2D eigenvalue weighted by molar-refractivity contribution is 7.09. The Morgan fingerprint density at radius 2 is 2.33 bits per heavy atom. The van der Waals surface area contributed by atoms with Gasteiger partial charge in [-0.05, 0) is 6.07 Å². The van der Waals surface area contributed by atoms with Crippen LogP contribution in [0.25, 0.3) is 0 Å². The largest absolute Gasteiger partial charge is 0.387 e. The van der Waals surface area contributed by atoms with Crippen molar-refractivity contribution in [3.8, 4) is 0 Å². The first kappa shape index (κ1) is 14.6. The summed E-state index contributed by atoms with van der Waals surface area (Å²) in [5, 5.41) is 13.1. The molecule has 2 atom stereocenters. The van der Waals surface area contributed by atoms with Crippen LogP contribution < -0.4 is 0 Å². The first-order valence-electron chi connectivity index (χ1n) is 6.90. The van der Waals surface area contributed by atoms with E-state index in [-0.39, 0.29) is 11.9 Å². The zero-order valence-electron chi connectivity index (χ0n) is 11.5. The molecule has 2 heterocycles. The van der Waals surface area contributed by atoms with Gasteiger partial charge in [-0.1, -0.05) is 18.2 Å². The van der Waals surface area contributed by atoms with E-state index in [0.29, 0.717) is 25.3 Å². The first-order valence-corrected chi connectivity index (χ1v) is 7.78. The maximum Gasteiger partial charge on any atom is 0.129 e. The van der Waals surface area contributed by atoms with Crippen molar-refractivity contribution in [3.05, 3.63) is 52.2 Å². The summed E-state index contributed by atoms with van der Waals surface area (Å²) in [6.07, 6.45) is 0.865. The van der Waals surface area contributed by atoms with Crippen molar-refractivity contribution in [2.24, 2.45) is 0 Å². The third kappa shape index (κ3) is 3.47. The van der Waals surface area contributed by atoms with Gasteiger partial charge in [-0.25, -0.2) is 9.37 Å². The number of thiazole rings is 1. The van der Waals surface area contributed by atoms with Gasteiger partial charge >= 0.3 is 0 Å². The van der Waals surface area contributed by atoms with Crippen molar-refractivity contribution in [1.29, 1.82) is 0 Å². The molecule has 2 unspecified atom stereocenters. The van der Waals surface area contributed by atoms with E-state index in [1.165, 1.54) is 6.07 Å². The Kier molecular flexibility index (Phi) is 4.60. The quantitative estimate of drug-likeness (QED) is 0.942. The van der Waals surface area contributed by atoms with Crippen molar-refractivity contribution in [2.45, 2.75) is 12.2 Å². The standard InChI is InChI=1S/C15H17FN2O2S/c16-12-4-2-1-3-11(12)13(19)9-18-6-7-20-14(10-18)15-17-5-8-21-15/h1-5,8,13-14,19H,6-7,9-10H2. The van der Waals surface area contributed by atoms with Gasteiger partial charge in [0.2, 0.25) is 0 Å². The number of hydrogen-bond acceptors (Lipinski definition) is 5. The summed E-state index contributed by atoms with van der Waals surface area (Å²) in [5.74, 6) is -0.366. The van der Waals surface area contributed by atoms with Crippen molar-refractivity contribution >= 4 is 11.3 Å². The molecule has 1 aliphatic rings. The Labute approximate surface area is 126 Å². The number of benzene rings is 1. The van der Waals surface area contributed by atoms with Gasteiger partial charge in [0, 0.05) is 36.8 Å². The summed E-state index contributed by atoms with van der Waals surface area (Å²) in [7, 11) is 0. The number of rotatable bonds is 4. The Morgan fingerprint density at radius 1 is 1.48 bits per heavy atom. The Hall–Kier alpha value is -1.34. The van der Waals surface area contributed by atoms with Gasteiger partial charge in [0.05, 0.1) is 12.7 Å². The van der Waals surface area contributed by atoms with E-state index in [1.54, 1.807) is 35.7 Å². The van der Waals surface area contributed by atoms with Crippen molar-refractivity contribution < 1.29 is 14.2 Å². The van der Waals surface area contributed by atoms with Crippen LogP contribution in [0, 0.1) is 5.82 Å². The average molecular weight is 308 g/mol. The number of aliphatic hydroxyl groups is 1. The predicted molar refractivity (Wildman–Crippen MR) is 78.6 cm³/mol. The lowest BCUT2D eigenvalue weighted by molar-refractivity contribution is -0.0427. The summed E-state index contributed by atoms with van der Waals surface area (Å²) in [4.78, 5) is 6.36. The molecule has 1 aromatic carbocycles. The molecule has 0 saturated carbocycles. The van der Waals surface area contributed by atoms with E-state index in [9.17, 15) is 9.50 Å². The van der Waals surface area contributed by atoms with Crippen LogP contribution >= 0.6 is 11.3 Å². The Bertz CT molecular complexity index is 579. The maximum atomic E-state index is 13.7. The number of aromatic nitrogens is 1. The van der Waals surface area contributed by atoms with Crippen LogP contribution in [-0.4, -0.2) is 41.2 Å². The molecule has 0 aliphatic carbocycles. The van der Waals surface area contributed by atoms with E-state index >= 15 is 0 Å². The van der Waals surface area contributed by atoms with Gasteiger partial charge in [-0.3, -0.25) is 4.90 Å². The zero-order valence-corrected chi connectivity index (χ0v) is 12.3. The van der Waals surface area contributed by atoms with E-state index in [2.05, 4.69) is 9.88 Å². The molecule has 4 nitrogen and oxygen atoms in total. The monoisotopic (exact) mass is 308 g/mol. The Balaban J connectivity index is 1.63. The lowest BCUT2D eigenvalue weighted by Crippen LogP contribution is -2.40. The molecule has 6 heteroatoms. The molecule has 1 N–H and O–H groups in total. The smallest absolute Gasteiger partial charge is 0.129 e. The number of ether oxygens (including phenoxy) is 1. The Morgan fingerprint density at radius 3 is 3.10 bits per heavy atom. The summed E-state index contributed by atoms with van der Waals surface area (Å²) < 4.78 is 19.4. The summed E-state index contributed by atoms with van der Waals surface area (Å²) in [6, 6.07) is 6.35. The number of nitrogens with zero attached hydrogens (tertiary/aromatic N) is 2. The molecule has 3 rings (SSSR count). The number of β-amino-alcohol motifs (C(OH)–C–C–N with tert-alkyl or cyclic N) is 1. The molecule has 112 valence electrons. The molecule has 1 aromatic heterocycles. The van der Waals surface area contributed by atoms with E-state index in [4.69, 9.17) is 4.74 Å². The van der Waals surface area contributed by atoms with Crippen LogP contribution in [-0.2, 0) is 4.74 Å². The zero-order chi connectivity index (χ0) is 14.7. The fourth-order valence-corrected chi connectivity index (χ4v) is 3.18. The van der Waals surface area contributed by atoms with E-state index in [1.807, 2.05) is 5.38 Å². The highest BCUT2D eigenvalue weighted by Gasteiger charge is 2.26. The van der Waals surface area contributed by atoms with Crippen LogP contribution in [0.15, 0.2) is 35.8 Å². The second-order valence-corrected chi connectivity index (χ2v) is 5.95. The van der Waals surface area contributed by atoms with Gasteiger partial charge in [0.25, 0.3) is 0 Å². The van der Waals surface area contributed by atoms with Crippen molar-refractivity contribution in [1.82, 2.24) is 9.88 Å². The molecule has 1 fully saturated rings. The third-order valence-electron chi connectivity index (χ3n) is 3.57. The molecule has 0 spiro atoms. The van der Waals surface area contributed by atoms with Crippen LogP contribution in [0.1, 0.15) is 22.8 Å². The molecule has 1 saturated heterocycles. The van der Waals surface area contributed by atoms with Gasteiger partial charge in [0.1, 0.15) is 16.9 Å². The fourth-order valence-electron chi connectivity index (χ4n) is 2.50. The summed E-state index contributed by atoms with van der Waals surface area (Å²) >= 11 is 1.56. The van der Waals surface area contributed by atoms with Gasteiger partial charge in [0.15, 0.2) is 0 Å². The van der Waals surface area contributed by atoms with Gasteiger partial charge < -0.3 is 9.84 Å². The fraction of sp³-hybridized carbons (Fsp3) is 0.400. The van der Waals surface area contributed by atoms with E-state index in [0.717, 1.165) is 11.6 Å². The number of aliphatic hydroxyl groups excluding tert-OH is 1. The van der Waals surface area contributed by atoms with Crippen molar-refractivity contribution in [3.63, 3.8) is 0 Å². The minimum Gasteiger partial charge on any atom is -0.387 e. The minimum atomic E-state index is -0.832. The molecule has 0 radical (unpaired) electrons. The topological polar surface area (TPSA) is 45.6 Å². The second-order valence-electron chi connectivity index (χ2n) is 5.03. The van der Waals surface area contributed by atoms with E-state index < -0.39 is 6.10 Å². The SMILES string of the molecule is OC(CN1CCOC(c2nccs2)C1)c1ccccc1F.